The minimum Gasteiger partial charge on any atom is -0.480 e. The standard InChI is InChI=1S/C9H15N3O6S/c13-3-5(9(18)11-2-8(16)17)12-6(14)1-10-7(15)4-19/h5,13,19H,1-4H2,(H,10,15)(H,11,18)(H,12,14)(H,16,17)/t5-/m0/s1. The third-order valence-corrected chi connectivity index (χ3v) is 2.13. The highest BCUT2D eigenvalue weighted by molar-refractivity contribution is 7.81. The minimum absolute atomic E-state index is 0.0875. The summed E-state index contributed by atoms with van der Waals surface area (Å²) in [6, 6.07) is -1.28. The monoisotopic (exact) mass is 293 g/mol. The van der Waals surface area contributed by atoms with Gasteiger partial charge >= 0.3 is 5.97 Å². The van der Waals surface area contributed by atoms with Crippen LogP contribution in [0.5, 0.6) is 0 Å². The molecule has 0 aliphatic carbocycles. The third-order valence-electron chi connectivity index (χ3n) is 1.84. The smallest absolute Gasteiger partial charge is 0.322 e. The van der Waals surface area contributed by atoms with Gasteiger partial charge in [-0.3, -0.25) is 19.2 Å². The molecule has 0 heterocycles. The number of rotatable bonds is 8. The molecule has 108 valence electrons. The molecule has 0 aliphatic heterocycles. The lowest BCUT2D eigenvalue weighted by Crippen LogP contribution is -2.52. The number of carbonyl (C=O) groups is 4. The summed E-state index contributed by atoms with van der Waals surface area (Å²) in [6.45, 7) is -1.69. The average Bonchev–Trinajstić information content (AvgIpc) is 2.39. The Morgan fingerprint density at radius 1 is 1.05 bits per heavy atom. The Morgan fingerprint density at radius 3 is 2.16 bits per heavy atom. The van der Waals surface area contributed by atoms with Crippen molar-refractivity contribution in [3.63, 3.8) is 0 Å². The average molecular weight is 293 g/mol. The first-order valence-corrected chi connectivity index (χ1v) is 5.81. The van der Waals surface area contributed by atoms with Crippen molar-refractivity contribution in [2.75, 3.05) is 25.4 Å². The van der Waals surface area contributed by atoms with Gasteiger partial charge < -0.3 is 26.2 Å². The molecule has 0 fully saturated rings. The first-order valence-electron chi connectivity index (χ1n) is 5.18. The highest BCUT2D eigenvalue weighted by Crippen LogP contribution is 1.84. The zero-order valence-corrected chi connectivity index (χ0v) is 10.8. The van der Waals surface area contributed by atoms with E-state index in [0.717, 1.165) is 0 Å². The second-order valence-electron chi connectivity index (χ2n) is 3.35. The molecule has 0 spiro atoms. The number of aliphatic hydroxyl groups is 1. The van der Waals surface area contributed by atoms with Gasteiger partial charge in [0.25, 0.3) is 0 Å². The Labute approximate surface area is 114 Å². The number of thiol groups is 1. The van der Waals surface area contributed by atoms with Gasteiger partial charge in [-0.15, -0.1) is 0 Å². The maximum atomic E-state index is 11.4. The van der Waals surface area contributed by atoms with Crippen LogP contribution < -0.4 is 16.0 Å². The molecule has 0 rings (SSSR count). The number of aliphatic hydroxyl groups excluding tert-OH is 1. The van der Waals surface area contributed by atoms with Crippen molar-refractivity contribution in [3.8, 4) is 0 Å². The van der Waals surface area contributed by atoms with E-state index in [1.54, 1.807) is 0 Å². The van der Waals surface area contributed by atoms with E-state index >= 15 is 0 Å². The molecule has 0 unspecified atom stereocenters. The lowest BCUT2D eigenvalue weighted by atomic mass is 10.3. The van der Waals surface area contributed by atoms with Gasteiger partial charge in [-0.2, -0.15) is 12.6 Å². The molecular weight excluding hydrogens is 278 g/mol. The minimum atomic E-state index is -1.28. The van der Waals surface area contributed by atoms with E-state index in [4.69, 9.17) is 10.2 Å². The van der Waals surface area contributed by atoms with Crippen LogP contribution in [0.25, 0.3) is 0 Å². The van der Waals surface area contributed by atoms with Crippen LogP contribution in [-0.4, -0.2) is 65.4 Å². The van der Waals surface area contributed by atoms with Gasteiger partial charge in [0.05, 0.1) is 18.9 Å². The molecule has 0 saturated heterocycles. The SMILES string of the molecule is O=C(O)CNC(=O)[C@H](CO)NC(=O)CNC(=O)CS. The fraction of sp³-hybridized carbons (Fsp3) is 0.556. The van der Waals surface area contributed by atoms with Crippen LogP contribution in [-0.2, 0) is 19.2 Å². The normalized spacial score (nSPS) is 11.3. The van der Waals surface area contributed by atoms with Crippen LogP contribution in [0.2, 0.25) is 0 Å². The molecular formula is C9H15N3O6S. The van der Waals surface area contributed by atoms with Gasteiger partial charge in [-0.05, 0) is 0 Å². The van der Waals surface area contributed by atoms with Crippen LogP contribution in [0.3, 0.4) is 0 Å². The highest BCUT2D eigenvalue weighted by atomic mass is 32.1. The van der Waals surface area contributed by atoms with E-state index in [-0.39, 0.29) is 12.3 Å². The summed E-state index contributed by atoms with van der Waals surface area (Å²) in [7, 11) is 0. The maximum Gasteiger partial charge on any atom is 0.322 e. The summed E-state index contributed by atoms with van der Waals surface area (Å²) in [5, 5.41) is 23.6. The summed E-state index contributed by atoms with van der Waals surface area (Å²) in [5.41, 5.74) is 0. The number of nitrogens with one attached hydrogen (secondary N) is 3. The molecule has 0 aliphatic rings. The number of hydrogen-bond acceptors (Lipinski definition) is 6. The predicted molar refractivity (Wildman–Crippen MR) is 66.5 cm³/mol. The Morgan fingerprint density at radius 2 is 1.68 bits per heavy atom. The van der Waals surface area contributed by atoms with E-state index in [1.807, 2.05) is 5.32 Å². The van der Waals surface area contributed by atoms with E-state index < -0.39 is 42.9 Å². The predicted octanol–water partition coefficient (Wildman–Crippen LogP) is -3.29. The summed E-state index contributed by atoms with van der Waals surface area (Å²) in [4.78, 5) is 43.7. The molecule has 0 aromatic carbocycles. The Hall–Kier alpha value is -1.81. The van der Waals surface area contributed by atoms with Crippen LogP contribution in [0.1, 0.15) is 0 Å². The number of amides is 3. The molecule has 3 amide bonds. The van der Waals surface area contributed by atoms with Crippen LogP contribution in [0.15, 0.2) is 0 Å². The molecule has 1 atom stereocenters. The van der Waals surface area contributed by atoms with Crippen molar-refractivity contribution in [2.45, 2.75) is 6.04 Å². The van der Waals surface area contributed by atoms with Gasteiger partial charge in [0.15, 0.2) is 0 Å². The van der Waals surface area contributed by atoms with E-state index in [1.165, 1.54) is 0 Å². The van der Waals surface area contributed by atoms with Gasteiger partial charge in [-0.25, -0.2) is 0 Å². The molecule has 9 nitrogen and oxygen atoms in total. The molecule has 0 aromatic heterocycles. The highest BCUT2D eigenvalue weighted by Gasteiger charge is 2.20. The van der Waals surface area contributed by atoms with Crippen molar-refractivity contribution >= 4 is 36.3 Å². The zero-order chi connectivity index (χ0) is 14.8. The third kappa shape index (κ3) is 8.00. The molecule has 5 N–H and O–H groups in total. The largest absolute Gasteiger partial charge is 0.480 e. The van der Waals surface area contributed by atoms with Crippen LogP contribution in [0.4, 0.5) is 0 Å². The van der Waals surface area contributed by atoms with Crippen molar-refractivity contribution in [1.82, 2.24) is 16.0 Å². The molecule has 0 aromatic rings. The van der Waals surface area contributed by atoms with Crippen molar-refractivity contribution in [3.05, 3.63) is 0 Å². The van der Waals surface area contributed by atoms with Crippen molar-refractivity contribution in [2.24, 2.45) is 0 Å². The van der Waals surface area contributed by atoms with E-state index in [2.05, 4.69) is 23.3 Å². The first kappa shape index (κ1) is 17.2. The Kier molecular flexibility index (Phi) is 8.29. The second kappa shape index (κ2) is 9.16. The van der Waals surface area contributed by atoms with E-state index in [0.29, 0.717) is 0 Å². The molecule has 0 radical (unpaired) electrons. The topological polar surface area (TPSA) is 145 Å². The van der Waals surface area contributed by atoms with Gasteiger partial charge in [0.2, 0.25) is 17.7 Å². The lowest BCUT2D eigenvalue weighted by molar-refractivity contribution is -0.138. The summed E-state index contributed by atoms with van der Waals surface area (Å²) >= 11 is 3.68. The Bertz CT molecular complexity index is 362. The van der Waals surface area contributed by atoms with Gasteiger partial charge in [0, 0.05) is 0 Å². The number of hydrogen-bond donors (Lipinski definition) is 6. The second-order valence-corrected chi connectivity index (χ2v) is 3.67. The summed E-state index contributed by atoms with van der Waals surface area (Å²) in [6.07, 6.45) is 0. The maximum absolute atomic E-state index is 11.4. The molecule has 10 heteroatoms. The quantitative estimate of drug-likeness (QED) is 0.259. The Balaban J connectivity index is 4.16. The van der Waals surface area contributed by atoms with Crippen LogP contribution in [0, 0.1) is 0 Å². The fourth-order valence-electron chi connectivity index (χ4n) is 0.960. The lowest BCUT2D eigenvalue weighted by Gasteiger charge is -2.15. The van der Waals surface area contributed by atoms with Gasteiger partial charge in [-0.1, -0.05) is 0 Å². The van der Waals surface area contributed by atoms with Gasteiger partial charge in [0.1, 0.15) is 12.6 Å². The number of carboxylic acids is 1. The zero-order valence-electron chi connectivity index (χ0n) is 9.88. The molecule has 0 bridgehead atoms. The first-order chi connectivity index (χ1) is 8.90. The van der Waals surface area contributed by atoms with E-state index in [9.17, 15) is 19.2 Å². The number of aliphatic carboxylic acids is 1. The van der Waals surface area contributed by atoms with Crippen molar-refractivity contribution in [1.29, 1.82) is 0 Å². The van der Waals surface area contributed by atoms with Crippen LogP contribution >= 0.6 is 12.6 Å². The number of carboxylic acid groups (broad SMARTS) is 1. The number of carbonyl (C=O) groups excluding carboxylic acids is 3. The summed E-state index contributed by atoms with van der Waals surface area (Å²) < 4.78 is 0. The molecule has 19 heavy (non-hydrogen) atoms. The molecule has 0 saturated carbocycles. The van der Waals surface area contributed by atoms with Crippen molar-refractivity contribution < 1.29 is 29.4 Å². The summed E-state index contributed by atoms with van der Waals surface area (Å²) in [5.74, 6) is -3.33. The fourth-order valence-corrected chi connectivity index (χ4v) is 1.07.